The number of nitrogens with zero attached hydrogens (tertiary/aromatic N) is 2. The van der Waals surface area contributed by atoms with Crippen LogP contribution in [0.1, 0.15) is 15.9 Å². The Bertz CT molecular complexity index is 699. The molecule has 0 unspecified atom stereocenters. The topological polar surface area (TPSA) is 44.1 Å². The maximum Gasteiger partial charge on any atom is 0.289 e. The van der Waals surface area contributed by atoms with Crippen LogP contribution in [-0.2, 0) is 7.05 Å². The minimum absolute atomic E-state index is 0.240. The van der Waals surface area contributed by atoms with Gasteiger partial charge in [0, 0.05) is 24.4 Å². The third kappa shape index (κ3) is 4.17. The first-order valence-corrected chi connectivity index (χ1v) is 7.21. The average molecular weight is 324 g/mol. The van der Waals surface area contributed by atoms with Gasteiger partial charge in [-0.05, 0) is 30.4 Å². The molecule has 1 heterocycles. The van der Waals surface area contributed by atoms with E-state index in [-0.39, 0.29) is 11.5 Å². The van der Waals surface area contributed by atoms with Crippen LogP contribution in [0.4, 0.5) is 8.78 Å². The van der Waals surface area contributed by atoms with E-state index in [1.165, 1.54) is 31.4 Å². The highest BCUT2D eigenvalue weighted by atomic mass is 32.2. The van der Waals surface area contributed by atoms with Gasteiger partial charge in [-0.1, -0.05) is 11.8 Å². The summed E-state index contributed by atoms with van der Waals surface area (Å²) in [6.07, 6.45) is 6.45. The number of carbonyl (C=O) groups excluding carboxylic acids is 1. The smallest absolute Gasteiger partial charge is 0.289 e. The number of hydrogen-bond donors (Lipinski definition) is 0. The van der Waals surface area contributed by atoms with Crippen LogP contribution in [-0.4, -0.2) is 28.4 Å². The standard InChI is InChI=1S/C15H14F2N2O2S/c1-19-9-10(8-18-19)3-5-12(20)11-4-6-14(22-15(16)17)13(7-11)21-2/h3-9,15H,1-2H3. The predicted octanol–water partition coefficient (Wildman–Crippen LogP) is 3.64. The van der Waals surface area contributed by atoms with E-state index in [1.54, 1.807) is 30.2 Å². The van der Waals surface area contributed by atoms with Crippen molar-refractivity contribution in [1.82, 2.24) is 9.78 Å². The van der Waals surface area contributed by atoms with Gasteiger partial charge >= 0.3 is 0 Å². The normalized spacial score (nSPS) is 11.3. The van der Waals surface area contributed by atoms with Crippen molar-refractivity contribution in [3.8, 4) is 5.75 Å². The molecule has 0 spiro atoms. The first-order chi connectivity index (χ1) is 10.5. The molecule has 7 heteroatoms. The highest BCUT2D eigenvalue weighted by Gasteiger charge is 2.13. The van der Waals surface area contributed by atoms with Gasteiger partial charge in [0.1, 0.15) is 5.75 Å². The quantitative estimate of drug-likeness (QED) is 0.462. The number of rotatable bonds is 6. The predicted molar refractivity (Wildman–Crippen MR) is 81.4 cm³/mol. The molecule has 1 aromatic carbocycles. The Hall–Kier alpha value is -2.15. The van der Waals surface area contributed by atoms with Crippen LogP contribution in [0.5, 0.6) is 5.75 Å². The van der Waals surface area contributed by atoms with E-state index in [0.717, 1.165) is 5.56 Å². The van der Waals surface area contributed by atoms with Crippen molar-refractivity contribution in [3.63, 3.8) is 0 Å². The number of halogens is 2. The number of benzene rings is 1. The van der Waals surface area contributed by atoms with E-state index in [4.69, 9.17) is 4.74 Å². The molecule has 0 atom stereocenters. The highest BCUT2D eigenvalue weighted by Crippen LogP contribution is 2.34. The molecule has 0 bridgehead atoms. The van der Waals surface area contributed by atoms with Crippen LogP contribution in [0, 0.1) is 0 Å². The summed E-state index contributed by atoms with van der Waals surface area (Å²) >= 11 is 0.384. The molecule has 22 heavy (non-hydrogen) atoms. The number of allylic oxidation sites excluding steroid dienone is 1. The van der Waals surface area contributed by atoms with Crippen molar-refractivity contribution >= 4 is 23.6 Å². The first kappa shape index (κ1) is 16.2. The number of ether oxygens (including phenoxy) is 1. The highest BCUT2D eigenvalue weighted by molar-refractivity contribution is 7.99. The van der Waals surface area contributed by atoms with Gasteiger partial charge in [0.15, 0.2) is 5.78 Å². The van der Waals surface area contributed by atoms with Gasteiger partial charge < -0.3 is 4.74 Å². The number of aromatic nitrogens is 2. The Balaban J connectivity index is 2.17. The van der Waals surface area contributed by atoms with Crippen molar-refractivity contribution in [2.24, 2.45) is 7.05 Å². The van der Waals surface area contributed by atoms with Gasteiger partial charge in [0.2, 0.25) is 0 Å². The zero-order chi connectivity index (χ0) is 16.1. The van der Waals surface area contributed by atoms with Crippen molar-refractivity contribution in [1.29, 1.82) is 0 Å². The van der Waals surface area contributed by atoms with Gasteiger partial charge in [0.25, 0.3) is 5.76 Å². The van der Waals surface area contributed by atoms with Gasteiger partial charge in [-0.25, -0.2) is 0 Å². The first-order valence-electron chi connectivity index (χ1n) is 6.33. The second-order valence-electron chi connectivity index (χ2n) is 4.39. The summed E-state index contributed by atoms with van der Waals surface area (Å²) in [5.41, 5.74) is 1.17. The molecule has 4 nitrogen and oxygen atoms in total. The molecule has 0 saturated carbocycles. The summed E-state index contributed by atoms with van der Waals surface area (Å²) in [6.45, 7) is 0. The van der Waals surface area contributed by atoms with Crippen molar-refractivity contribution in [3.05, 3.63) is 47.8 Å². The van der Waals surface area contributed by atoms with E-state index < -0.39 is 5.76 Å². The number of thioether (sulfide) groups is 1. The van der Waals surface area contributed by atoms with Crippen LogP contribution in [0.15, 0.2) is 41.6 Å². The molecule has 0 amide bonds. The Morgan fingerprint density at radius 3 is 2.82 bits per heavy atom. The number of ketones is 1. The number of hydrogen-bond acceptors (Lipinski definition) is 4. The zero-order valence-electron chi connectivity index (χ0n) is 12.0. The van der Waals surface area contributed by atoms with Gasteiger partial charge in [-0.15, -0.1) is 0 Å². The van der Waals surface area contributed by atoms with Crippen LogP contribution < -0.4 is 4.74 Å². The minimum atomic E-state index is -2.54. The molecule has 0 fully saturated rings. The summed E-state index contributed by atoms with van der Waals surface area (Å²) in [7, 11) is 3.16. The Morgan fingerprint density at radius 2 is 2.23 bits per heavy atom. The van der Waals surface area contributed by atoms with Crippen LogP contribution in [0.2, 0.25) is 0 Å². The van der Waals surface area contributed by atoms with Crippen molar-refractivity contribution < 1.29 is 18.3 Å². The van der Waals surface area contributed by atoms with Gasteiger partial charge in [-0.3, -0.25) is 9.48 Å². The Kier molecular flexibility index (Phi) is 5.32. The molecule has 0 saturated heterocycles. The fraction of sp³-hybridized carbons (Fsp3) is 0.200. The van der Waals surface area contributed by atoms with Crippen LogP contribution in [0.25, 0.3) is 6.08 Å². The molecule has 0 N–H and O–H groups in total. The summed E-state index contributed by atoms with van der Waals surface area (Å²) in [5, 5.41) is 3.99. The van der Waals surface area contributed by atoms with Crippen LogP contribution in [0.3, 0.4) is 0 Å². The second kappa shape index (κ2) is 7.22. The van der Waals surface area contributed by atoms with Gasteiger partial charge in [-0.2, -0.15) is 13.9 Å². The minimum Gasteiger partial charge on any atom is -0.496 e. The molecule has 0 radical (unpaired) electrons. The lowest BCUT2D eigenvalue weighted by atomic mass is 10.1. The largest absolute Gasteiger partial charge is 0.496 e. The monoisotopic (exact) mass is 324 g/mol. The lowest BCUT2D eigenvalue weighted by molar-refractivity contribution is 0.104. The molecule has 0 aliphatic heterocycles. The summed E-state index contributed by atoms with van der Waals surface area (Å²) in [6, 6.07) is 4.42. The SMILES string of the molecule is COc1cc(C(=O)C=Cc2cnn(C)c2)ccc1SC(F)F. The van der Waals surface area contributed by atoms with Crippen molar-refractivity contribution in [2.45, 2.75) is 10.7 Å². The Labute approximate surface area is 130 Å². The lowest BCUT2D eigenvalue weighted by Crippen LogP contribution is -1.97. The summed E-state index contributed by atoms with van der Waals surface area (Å²) < 4.78 is 31.5. The van der Waals surface area contributed by atoms with Gasteiger partial charge in [0.05, 0.1) is 18.2 Å². The third-order valence-electron chi connectivity index (χ3n) is 2.82. The zero-order valence-corrected chi connectivity index (χ0v) is 12.8. The van der Waals surface area contributed by atoms with Crippen LogP contribution >= 0.6 is 11.8 Å². The number of aryl methyl sites for hydroxylation is 1. The maximum atomic E-state index is 12.4. The van der Waals surface area contributed by atoms with E-state index in [9.17, 15) is 13.6 Å². The molecular formula is C15H14F2N2O2S. The summed E-state index contributed by atoms with van der Waals surface area (Å²) in [4.78, 5) is 12.4. The molecule has 2 rings (SSSR count). The molecular weight excluding hydrogens is 310 g/mol. The Morgan fingerprint density at radius 1 is 1.45 bits per heavy atom. The molecule has 116 valence electrons. The number of carbonyl (C=O) groups is 1. The van der Waals surface area contributed by atoms with Crippen molar-refractivity contribution in [2.75, 3.05) is 7.11 Å². The number of alkyl halides is 2. The van der Waals surface area contributed by atoms with E-state index in [0.29, 0.717) is 22.2 Å². The van der Waals surface area contributed by atoms with E-state index >= 15 is 0 Å². The third-order valence-corrected chi connectivity index (χ3v) is 3.59. The fourth-order valence-corrected chi connectivity index (χ4v) is 2.41. The number of methoxy groups -OCH3 is 1. The molecule has 0 aliphatic carbocycles. The van der Waals surface area contributed by atoms with E-state index in [1.807, 2.05) is 0 Å². The average Bonchev–Trinajstić information content (AvgIpc) is 2.90. The molecule has 0 aliphatic rings. The summed E-state index contributed by atoms with van der Waals surface area (Å²) in [5.74, 6) is -2.53. The fourth-order valence-electron chi connectivity index (χ4n) is 1.81. The maximum absolute atomic E-state index is 12.4. The molecule has 1 aromatic heterocycles. The molecule has 2 aromatic rings. The van der Waals surface area contributed by atoms with E-state index in [2.05, 4.69) is 5.10 Å². The second-order valence-corrected chi connectivity index (χ2v) is 5.42. The lowest BCUT2D eigenvalue weighted by Gasteiger charge is -2.08.